The van der Waals surface area contributed by atoms with E-state index in [1.54, 1.807) is 4.90 Å². The molecule has 0 spiro atoms. The summed E-state index contributed by atoms with van der Waals surface area (Å²) in [4.78, 5) is 1.64. The normalized spacial score (nSPS) is 19.7. The third-order valence-electron chi connectivity index (χ3n) is 5.58. The number of nitrogens with one attached hydrogen (secondary N) is 1. The van der Waals surface area contributed by atoms with E-state index in [4.69, 9.17) is 0 Å². The minimum Gasteiger partial charge on any atom is -1.00 e. The Bertz CT molecular complexity index is 648. The van der Waals surface area contributed by atoms with Gasteiger partial charge in [0.25, 0.3) is 0 Å². The van der Waals surface area contributed by atoms with Crippen LogP contribution < -0.4 is 17.3 Å². The fraction of sp³-hybridized carbons (Fsp3) is 0.400. The van der Waals surface area contributed by atoms with Crippen molar-refractivity contribution in [3.63, 3.8) is 0 Å². The number of rotatable bonds is 3. The molecule has 0 bridgehead atoms. The molecule has 2 aromatic carbocycles. The highest BCUT2D eigenvalue weighted by Gasteiger charge is 2.46. The Balaban J connectivity index is 0.00000156. The van der Waals surface area contributed by atoms with Gasteiger partial charge in [-0.2, -0.15) is 0 Å². The Labute approximate surface area is 144 Å². The number of quaternary nitrogens is 1. The van der Waals surface area contributed by atoms with E-state index in [-0.39, 0.29) is 18.3 Å². The number of hydrogen-bond acceptors (Lipinski definition) is 1. The predicted octanol–water partition coefficient (Wildman–Crippen LogP) is -0.778. The van der Waals surface area contributed by atoms with Crippen LogP contribution in [0.2, 0.25) is 0 Å². The Morgan fingerprint density at radius 2 is 1.43 bits per heavy atom. The van der Waals surface area contributed by atoms with Gasteiger partial charge in [-0.25, -0.2) is 0 Å². The van der Waals surface area contributed by atoms with E-state index in [1.165, 1.54) is 37.1 Å². The van der Waals surface area contributed by atoms with Crippen LogP contribution in [-0.2, 0) is 5.60 Å². The maximum Gasteiger partial charge on any atom is 0.124 e. The van der Waals surface area contributed by atoms with Gasteiger partial charge in [0, 0.05) is 18.8 Å². The van der Waals surface area contributed by atoms with E-state index >= 15 is 0 Å². The van der Waals surface area contributed by atoms with Crippen molar-refractivity contribution in [2.75, 3.05) is 19.6 Å². The SMILES string of the molecule is CC(C[NH+]1CCCC1)C1(O)c2ccccc2-c2ccccc21.[Cl-]. The predicted molar refractivity (Wildman–Crippen MR) is 88.8 cm³/mol. The second-order valence-corrected chi connectivity index (χ2v) is 6.92. The van der Waals surface area contributed by atoms with Crippen LogP contribution in [0.3, 0.4) is 0 Å². The van der Waals surface area contributed by atoms with Gasteiger partial charge in [-0.1, -0.05) is 55.5 Å². The Hall–Kier alpha value is -1.35. The van der Waals surface area contributed by atoms with Crippen LogP contribution in [-0.4, -0.2) is 24.7 Å². The maximum atomic E-state index is 11.7. The summed E-state index contributed by atoms with van der Waals surface area (Å²) in [5.74, 6) is 0.213. The second kappa shape index (κ2) is 6.27. The zero-order valence-corrected chi connectivity index (χ0v) is 14.3. The minimum atomic E-state index is -0.844. The van der Waals surface area contributed by atoms with Gasteiger partial charge in [0.05, 0.1) is 19.6 Å². The minimum absolute atomic E-state index is 0. The Morgan fingerprint density at radius 1 is 0.957 bits per heavy atom. The molecule has 23 heavy (non-hydrogen) atoms. The highest BCUT2D eigenvalue weighted by molar-refractivity contribution is 5.80. The van der Waals surface area contributed by atoms with Crippen molar-refractivity contribution in [2.45, 2.75) is 25.4 Å². The van der Waals surface area contributed by atoms with Gasteiger partial charge in [0.2, 0.25) is 0 Å². The lowest BCUT2D eigenvalue weighted by Crippen LogP contribution is -3.10. The van der Waals surface area contributed by atoms with E-state index in [2.05, 4.69) is 43.3 Å². The summed E-state index contributed by atoms with van der Waals surface area (Å²) in [5, 5.41) is 11.7. The summed E-state index contributed by atoms with van der Waals surface area (Å²) in [7, 11) is 0. The third kappa shape index (κ3) is 2.50. The van der Waals surface area contributed by atoms with Crippen molar-refractivity contribution in [3.05, 3.63) is 59.7 Å². The van der Waals surface area contributed by atoms with E-state index in [0.29, 0.717) is 0 Å². The molecule has 0 radical (unpaired) electrons. The topological polar surface area (TPSA) is 24.7 Å². The number of aliphatic hydroxyl groups is 1. The van der Waals surface area contributed by atoms with E-state index in [0.717, 1.165) is 17.7 Å². The quantitative estimate of drug-likeness (QED) is 0.759. The van der Waals surface area contributed by atoms with Crippen molar-refractivity contribution >= 4 is 0 Å². The van der Waals surface area contributed by atoms with Crippen LogP contribution in [0, 0.1) is 5.92 Å². The molecule has 3 heteroatoms. The van der Waals surface area contributed by atoms with Crippen LogP contribution in [0.25, 0.3) is 11.1 Å². The van der Waals surface area contributed by atoms with Gasteiger partial charge in [-0.05, 0) is 22.3 Å². The molecule has 2 aromatic rings. The fourth-order valence-electron chi connectivity index (χ4n) is 4.44. The van der Waals surface area contributed by atoms with E-state index < -0.39 is 5.60 Å². The molecule has 0 amide bonds. The van der Waals surface area contributed by atoms with Crippen LogP contribution in [0.15, 0.2) is 48.5 Å². The van der Waals surface area contributed by atoms with Crippen LogP contribution >= 0.6 is 0 Å². The summed E-state index contributed by atoms with van der Waals surface area (Å²) in [6.07, 6.45) is 2.65. The number of hydrogen-bond donors (Lipinski definition) is 2. The van der Waals surface area contributed by atoms with Crippen LogP contribution in [0.5, 0.6) is 0 Å². The highest BCUT2D eigenvalue weighted by Crippen LogP contribution is 2.50. The van der Waals surface area contributed by atoms with Gasteiger partial charge < -0.3 is 22.4 Å². The lowest BCUT2D eigenvalue weighted by atomic mass is 9.80. The summed E-state index contributed by atoms with van der Waals surface area (Å²) in [5.41, 5.74) is 3.72. The standard InChI is InChI=1S/C20H23NO.ClH/c1-15(14-21-12-6-7-13-21)20(22)18-10-4-2-8-16(18)17-9-3-5-11-19(17)20;/h2-5,8-11,15,22H,6-7,12-14H2,1H3;1H. The lowest BCUT2D eigenvalue weighted by molar-refractivity contribution is -0.891. The molecule has 1 fully saturated rings. The van der Waals surface area contributed by atoms with Crippen molar-refractivity contribution in [2.24, 2.45) is 5.92 Å². The second-order valence-electron chi connectivity index (χ2n) is 6.92. The van der Waals surface area contributed by atoms with Crippen molar-refractivity contribution in [1.82, 2.24) is 0 Å². The molecule has 122 valence electrons. The van der Waals surface area contributed by atoms with Gasteiger partial charge in [-0.15, -0.1) is 0 Å². The molecule has 1 unspecified atom stereocenters. The molecule has 0 aromatic heterocycles. The smallest absolute Gasteiger partial charge is 0.124 e. The van der Waals surface area contributed by atoms with Gasteiger partial charge >= 0.3 is 0 Å². The zero-order valence-electron chi connectivity index (χ0n) is 13.6. The number of benzene rings is 2. The average Bonchev–Trinajstić information content (AvgIpc) is 3.15. The number of fused-ring (bicyclic) bond motifs is 3. The highest BCUT2D eigenvalue weighted by atomic mass is 35.5. The molecule has 0 saturated carbocycles. The Morgan fingerprint density at radius 3 is 1.96 bits per heavy atom. The molecule has 2 N–H and O–H groups in total. The van der Waals surface area contributed by atoms with Crippen LogP contribution in [0.1, 0.15) is 30.9 Å². The van der Waals surface area contributed by atoms with Crippen molar-refractivity contribution in [3.8, 4) is 11.1 Å². The van der Waals surface area contributed by atoms with E-state index in [1.807, 2.05) is 12.1 Å². The zero-order chi connectivity index (χ0) is 15.2. The fourth-order valence-corrected chi connectivity index (χ4v) is 4.44. The summed E-state index contributed by atoms with van der Waals surface area (Å²) >= 11 is 0. The molecule has 1 saturated heterocycles. The molecular formula is C20H24ClNO. The molecule has 1 heterocycles. The Kier molecular flexibility index (Phi) is 4.50. The molecule has 4 rings (SSSR count). The average molecular weight is 330 g/mol. The monoisotopic (exact) mass is 329 g/mol. The first kappa shape index (κ1) is 16.5. The van der Waals surface area contributed by atoms with Gasteiger partial charge in [0.1, 0.15) is 5.60 Å². The maximum absolute atomic E-state index is 11.7. The molecule has 1 atom stereocenters. The summed E-state index contributed by atoms with van der Waals surface area (Å²) in [6, 6.07) is 16.7. The van der Waals surface area contributed by atoms with E-state index in [9.17, 15) is 5.11 Å². The van der Waals surface area contributed by atoms with Crippen molar-refractivity contribution < 1.29 is 22.4 Å². The molecule has 2 nitrogen and oxygen atoms in total. The van der Waals surface area contributed by atoms with Gasteiger partial charge in [0.15, 0.2) is 0 Å². The van der Waals surface area contributed by atoms with Gasteiger partial charge in [-0.3, -0.25) is 0 Å². The molecule has 1 aliphatic carbocycles. The molecular weight excluding hydrogens is 306 g/mol. The first-order valence-corrected chi connectivity index (χ1v) is 8.46. The lowest BCUT2D eigenvalue weighted by Gasteiger charge is -2.33. The summed E-state index contributed by atoms with van der Waals surface area (Å²) in [6.45, 7) is 5.76. The number of likely N-dealkylation sites (tertiary alicyclic amines) is 1. The molecule has 1 aliphatic heterocycles. The third-order valence-corrected chi connectivity index (χ3v) is 5.58. The molecule has 2 aliphatic rings. The van der Waals surface area contributed by atoms with Crippen molar-refractivity contribution in [1.29, 1.82) is 0 Å². The first-order valence-electron chi connectivity index (χ1n) is 8.46. The largest absolute Gasteiger partial charge is 1.00 e. The number of halogens is 1. The summed E-state index contributed by atoms with van der Waals surface area (Å²) < 4.78 is 0. The van der Waals surface area contributed by atoms with Crippen LogP contribution in [0.4, 0.5) is 0 Å². The first-order chi connectivity index (χ1) is 10.7.